The summed E-state index contributed by atoms with van der Waals surface area (Å²) in [6, 6.07) is 0. The van der Waals surface area contributed by atoms with Gasteiger partial charge >= 0.3 is 6.18 Å². The quantitative estimate of drug-likeness (QED) is 0.619. The van der Waals surface area contributed by atoms with Crippen molar-refractivity contribution in [2.45, 2.75) is 12.6 Å². The van der Waals surface area contributed by atoms with Crippen LogP contribution in [0.15, 0.2) is 0 Å². The van der Waals surface area contributed by atoms with Crippen molar-refractivity contribution in [1.29, 1.82) is 0 Å². The molecule has 0 aliphatic carbocycles. The van der Waals surface area contributed by atoms with E-state index in [1.54, 1.807) is 0 Å². The van der Waals surface area contributed by atoms with Gasteiger partial charge in [-0.15, -0.1) is 11.6 Å². The van der Waals surface area contributed by atoms with Crippen LogP contribution in [0.4, 0.5) is 18.3 Å². The first-order valence-corrected chi connectivity index (χ1v) is 6.13. The Morgan fingerprint density at radius 3 is 2.71 bits per heavy atom. The van der Waals surface area contributed by atoms with Crippen LogP contribution >= 0.6 is 23.1 Å². The first kappa shape index (κ1) is 14.5. The van der Waals surface area contributed by atoms with Gasteiger partial charge in [0.15, 0.2) is 0 Å². The van der Waals surface area contributed by atoms with E-state index < -0.39 is 12.0 Å². The molecular formula is C8H11ClF3N3OS. The first-order chi connectivity index (χ1) is 8.04. The molecule has 1 rings (SSSR count). The van der Waals surface area contributed by atoms with Gasteiger partial charge < -0.3 is 10.1 Å². The predicted molar refractivity (Wildman–Crippen MR) is 59.6 cm³/mol. The van der Waals surface area contributed by atoms with Crippen molar-refractivity contribution in [2.75, 3.05) is 31.0 Å². The second-order valence-electron chi connectivity index (χ2n) is 3.00. The van der Waals surface area contributed by atoms with Gasteiger partial charge in [-0.1, -0.05) is 0 Å². The smallest absolute Gasteiger partial charge is 0.380 e. The standard InChI is InChI=1S/C8H11ClF3N3OS/c9-2-5-16-4-1-3-13-7-14-6(15-17-7)8(10,11)12/h1-5H2,(H,13,14,15). The maximum absolute atomic E-state index is 12.2. The summed E-state index contributed by atoms with van der Waals surface area (Å²) in [5.41, 5.74) is 0. The number of ether oxygens (including phenoxy) is 1. The van der Waals surface area contributed by atoms with Gasteiger partial charge in [-0.25, -0.2) is 0 Å². The molecule has 1 aromatic rings. The molecule has 4 nitrogen and oxygen atoms in total. The minimum atomic E-state index is -4.49. The Balaban J connectivity index is 2.21. The van der Waals surface area contributed by atoms with E-state index in [0.717, 1.165) is 0 Å². The summed E-state index contributed by atoms with van der Waals surface area (Å²) in [5, 5.41) is 2.91. The number of hydrogen-bond donors (Lipinski definition) is 1. The first-order valence-electron chi connectivity index (χ1n) is 4.82. The lowest BCUT2D eigenvalue weighted by molar-refractivity contribution is -0.144. The largest absolute Gasteiger partial charge is 0.452 e. The molecule has 0 aliphatic rings. The lowest BCUT2D eigenvalue weighted by Gasteiger charge is -2.02. The highest BCUT2D eigenvalue weighted by Gasteiger charge is 2.35. The molecule has 0 saturated carbocycles. The molecule has 0 bridgehead atoms. The van der Waals surface area contributed by atoms with Crippen LogP contribution in [-0.4, -0.2) is 35.0 Å². The van der Waals surface area contributed by atoms with Crippen LogP contribution in [0, 0.1) is 0 Å². The Morgan fingerprint density at radius 2 is 2.12 bits per heavy atom. The van der Waals surface area contributed by atoms with Gasteiger partial charge in [0.05, 0.1) is 6.61 Å². The van der Waals surface area contributed by atoms with E-state index in [2.05, 4.69) is 14.7 Å². The fraction of sp³-hybridized carbons (Fsp3) is 0.750. The number of nitrogens with zero attached hydrogens (tertiary/aromatic N) is 2. The van der Waals surface area contributed by atoms with Crippen molar-refractivity contribution >= 4 is 28.3 Å². The number of halogens is 4. The molecule has 0 aromatic carbocycles. The molecule has 0 spiro atoms. The van der Waals surface area contributed by atoms with Crippen LogP contribution in [0.3, 0.4) is 0 Å². The van der Waals surface area contributed by atoms with Crippen LogP contribution in [-0.2, 0) is 10.9 Å². The fourth-order valence-corrected chi connectivity index (χ4v) is 1.66. The maximum atomic E-state index is 12.2. The Kier molecular flexibility index (Phi) is 5.93. The van der Waals surface area contributed by atoms with Crippen LogP contribution in [0.5, 0.6) is 0 Å². The lowest BCUT2D eigenvalue weighted by atomic mass is 10.4. The maximum Gasteiger partial charge on any atom is 0.452 e. The average molecular weight is 290 g/mol. The topological polar surface area (TPSA) is 47.0 Å². The number of alkyl halides is 4. The van der Waals surface area contributed by atoms with Gasteiger partial charge in [-0.3, -0.25) is 0 Å². The molecule has 0 amide bonds. The molecule has 1 heterocycles. The molecule has 0 unspecified atom stereocenters. The average Bonchev–Trinajstić information content (AvgIpc) is 2.71. The van der Waals surface area contributed by atoms with E-state index >= 15 is 0 Å². The Labute approximate surface area is 105 Å². The Hall–Kier alpha value is -0.600. The Morgan fingerprint density at radius 1 is 1.35 bits per heavy atom. The number of aromatic nitrogens is 2. The molecule has 98 valence electrons. The summed E-state index contributed by atoms with van der Waals surface area (Å²) >= 11 is 6.08. The van der Waals surface area contributed by atoms with E-state index in [4.69, 9.17) is 16.3 Å². The van der Waals surface area contributed by atoms with Crippen molar-refractivity contribution in [2.24, 2.45) is 0 Å². The molecule has 0 aliphatic heterocycles. The van der Waals surface area contributed by atoms with Gasteiger partial charge in [0.25, 0.3) is 0 Å². The van der Waals surface area contributed by atoms with E-state index in [1.165, 1.54) is 0 Å². The monoisotopic (exact) mass is 289 g/mol. The second-order valence-corrected chi connectivity index (χ2v) is 4.13. The molecule has 17 heavy (non-hydrogen) atoms. The van der Waals surface area contributed by atoms with E-state index in [-0.39, 0.29) is 5.13 Å². The normalized spacial score (nSPS) is 11.8. The Bertz CT molecular complexity index is 334. The van der Waals surface area contributed by atoms with Crippen LogP contribution in [0.1, 0.15) is 12.2 Å². The highest BCUT2D eigenvalue weighted by Crippen LogP contribution is 2.28. The minimum absolute atomic E-state index is 0.162. The number of nitrogens with one attached hydrogen (secondary N) is 1. The van der Waals surface area contributed by atoms with Gasteiger partial charge in [-0.2, -0.15) is 22.5 Å². The van der Waals surface area contributed by atoms with E-state index in [9.17, 15) is 13.2 Å². The minimum Gasteiger partial charge on any atom is -0.380 e. The molecular weight excluding hydrogens is 279 g/mol. The van der Waals surface area contributed by atoms with Crippen molar-refractivity contribution in [1.82, 2.24) is 9.36 Å². The van der Waals surface area contributed by atoms with Crippen LogP contribution in [0.25, 0.3) is 0 Å². The molecule has 0 radical (unpaired) electrons. The molecule has 0 atom stereocenters. The van der Waals surface area contributed by atoms with Crippen molar-refractivity contribution in [3.8, 4) is 0 Å². The summed E-state index contributed by atoms with van der Waals surface area (Å²) in [5.74, 6) is -0.679. The summed E-state index contributed by atoms with van der Waals surface area (Å²) in [4.78, 5) is 3.32. The number of rotatable bonds is 7. The van der Waals surface area contributed by atoms with E-state index in [1.807, 2.05) is 0 Å². The summed E-state index contributed by atoms with van der Waals surface area (Å²) in [6.45, 7) is 1.46. The second kappa shape index (κ2) is 6.97. The predicted octanol–water partition coefficient (Wildman–Crippen LogP) is 2.61. The molecule has 0 fully saturated rings. The third-order valence-electron chi connectivity index (χ3n) is 1.64. The highest BCUT2D eigenvalue weighted by molar-refractivity contribution is 7.09. The van der Waals surface area contributed by atoms with Crippen LogP contribution < -0.4 is 5.32 Å². The van der Waals surface area contributed by atoms with Crippen molar-refractivity contribution < 1.29 is 17.9 Å². The van der Waals surface area contributed by atoms with Gasteiger partial charge in [0.2, 0.25) is 11.0 Å². The van der Waals surface area contributed by atoms with Crippen molar-refractivity contribution in [3.05, 3.63) is 5.82 Å². The third kappa shape index (κ3) is 5.51. The van der Waals surface area contributed by atoms with Gasteiger partial charge in [0.1, 0.15) is 0 Å². The molecule has 0 saturated heterocycles. The zero-order valence-corrected chi connectivity index (χ0v) is 10.3. The zero-order chi connectivity index (χ0) is 12.7. The zero-order valence-electron chi connectivity index (χ0n) is 8.76. The number of hydrogen-bond acceptors (Lipinski definition) is 5. The third-order valence-corrected chi connectivity index (χ3v) is 2.47. The van der Waals surface area contributed by atoms with E-state index in [0.29, 0.717) is 43.6 Å². The molecule has 1 aromatic heterocycles. The van der Waals surface area contributed by atoms with Gasteiger partial charge in [-0.05, 0) is 6.42 Å². The summed E-state index contributed by atoms with van der Waals surface area (Å²) < 4.78 is 44.8. The summed E-state index contributed by atoms with van der Waals surface area (Å²) in [7, 11) is 0. The molecule has 9 heteroatoms. The van der Waals surface area contributed by atoms with Gasteiger partial charge in [0, 0.05) is 30.6 Å². The van der Waals surface area contributed by atoms with Crippen LogP contribution in [0.2, 0.25) is 0 Å². The SMILES string of the molecule is FC(F)(F)c1nsc(NCCCOCCCl)n1. The fourth-order valence-electron chi connectivity index (χ4n) is 0.937. The molecule has 1 N–H and O–H groups in total. The highest BCUT2D eigenvalue weighted by atomic mass is 35.5. The lowest BCUT2D eigenvalue weighted by Crippen LogP contribution is -2.09. The van der Waals surface area contributed by atoms with Crippen molar-refractivity contribution in [3.63, 3.8) is 0 Å². The summed E-state index contributed by atoms with van der Waals surface area (Å²) in [6.07, 6.45) is -3.82. The number of anilines is 1.